The van der Waals surface area contributed by atoms with Gasteiger partial charge in [-0.05, 0) is 48.7 Å². The van der Waals surface area contributed by atoms with Crippen molar-refractivity contribution < 1.29 is 4.79 Å². The molecular formula is C19H20BrN3O. The molecule has 0 fully saturated rings. The Kier molecular flexibility index (Phi) is 6.75. The number of benzene rings is 2. The number of amides is 1. The number of hydrogen-bond acceptors (Lipinski definition) is 3. The van der Waals surface area contributed by atoms with Crippen LogP contribution in [0.5, 0.6) is 0 Å². The maximum atomic E-state index is 11.8. The van der Waals surface area contributed by atoms with Crippen LogP contribution in [0.4, 0.5) is 5.69 Å². The summed E-state index contributed by atoms with van der Waals surface area (Å²) in [6, 6.07) is 13.9. The molecule has 124 valence electrons. The van der Waals surface area contributed by atoms with Gasteiger partial charge >= 0.3 is 0 Å². The Hall–Kier alpha value is -2.40. The van der Waals surface area contributed by atoms with Crippen LogP contribution in [0.25, 0.3) is 6.08 Å². The molecule has 0 aliphatic heterocycles. The van der Waals surface area contributed by atoms with Gasteiger partial charge in [0.1, 0.15) is 0 Å². The number of hydrogen-bond donors (Lipinski definition) is 2. The van der Waals surface area contributed by atoms with E-state index < -0.39 is 0 Å². The van der Waals surface area contributed by atoms with Gasteiger partial charge < -0.3 is 5.32 Å². The molecule has 0 unspecified atom stereocenters. The Morgan fingerprint density at radius 1 is 1.12 bits per heavy atom. The zero-order valence-corrected chi connectivity index (χ0v) is 15.3. The highest BCUT2D eigenvalue weighted by Gasteiger charge is 2.04. The van der Waals surface area contributed by atoms with Gasteiger partial charge in [-0.2, -0.15) is 5.10 Å². The third kappa shape index (κ3) is 5.66. The van der Waals surface area contributed by atoms with E-state index in [1.54, 1.807) is 12.3 Å². The first-order valence-corrected chi connectivity index (χ1v) is 8.40. The van der Waals surface area contributed by atoms with Crippen LogP contribution in [0.3, 0.4) is 0 Å². The Morgan fingerprint density at radius 3 is 2.46 bits per heavy atom. The summed E-state index contributed by atoms with van der Waals surface area (Å²) in [4.78, 5) is 11.8. The molecule has 0 aliphatic rings. The molecule has 0 aliphatic carbocycles. The summed E-state index contributed by atoms with van der Waals surface area (Å²) in [6.45, 7) is 4.20. The minimum Gasteiger partial charge on any atom is -0.376 e. The van der Waals surface area contributed by atoms with Crippen LogP contribution in [0.1, 0.15) is 16.7 Å². The van der Waals surface area contributed by atoms with Crippen molar-refractivity contribution in [3.8, 4) is 0 Å². The first-order chi connectivity index (χ1) is 11.6. The predicted molar refractivity (Wildman–Crippen MR) is 104 cm³/mol. The van der Waals surface area contributed by atoms with Gasteiger partial charge in [-0.15, -0.1) is 0 Å². The topological polar surface area (TPSA) is 53.5 Å². The zero-order chi connectivity index (χ0) is 17.4. The van der Waals surface area contributed by atoms with Gasteiger partial charge in [0.25, 0.3) is 5.91 Å². The number of nitrogens with one attached hydrogen (secondary N) is 2. The van der Waals surface area contributed by atoms with Crippen LogP contribution in [-0.4, -0.2) is 18.7 Å². The van der Waals surface area contributed by atoms with Gasteiger partial charge in [0.15, 0.2) is 0 Å². The van der Waals surface area contributed by atoms with Crippen LogP contribution in [0.2, 0.25) is 0 Å². The van der Waals surface area contributed by atoms with Crippen molar-refractivity contribution in [2.24, 2.45) is 5.10 Å². The summed E-state index contributed by atoms with van der Waals surface area (Å²) in [5, 5.41) is 7.05. The van der Waals surface area contributed by atoms with Gasteiger partial charge in [0.2, 0.25) is 0 Å². The lowest BCUT2D eigenvalue weighted by molar-refractivity contribution is -0.119. The van der Waals surface area contributed by atoms with E-state index in [2.05, 4.69) is 31.8 Å². The average Bonchev–Trinajstić information content (AvgIpc) is 2.56. The molecule has 0 atom stereocenters. The molecule has 0 radical (unpaired) electrons. The summed E-state index contributed by atoms with van der Waals surface area (Å²) in [6.07, 6.45) is 5.25. The molecule has 2 aromatic rings. The van der Waals surface area contributed by atoms with Crippen molar-refractivity contribution in [1.29, 1.82) is 0 Å². The third-order valence-electron chi connectivity index (χ3n) is 3.42. The molecule has 2 rings (SSSR count). The summed E-state index contributed by atoms with van der Waals surface area (Å²) in [5.74, 6) is -0.189. The van der Waals surface area contributed by atoms with E-state index in [1.807, 2.05) is 62.4 Å². The second-order valence-electron chi connectivity index (χ2n) is 5.34. The molecule has 0 aromatic heterocycles. The van der Waals surface area contributed by atoms with Gasteiger partial charge in [-0.3, -0.25) is 4.79 Å². The van der Waals surface area contributed by atoms with E-state index in [1.165, 1.54) is 0 Å². The van der Waals surface area contributed by atoms with Crippen molar-refractivity contribution in [2.75, 3.05) is 11.9 Å². The Balaban J connectivity index is 1.77. The lowest BCUT2D eigenvalue weighted by Gasteiger charge is -2.11. The molecule has 1 amide bonds. The summed E-state index contributed by atoms with van der Waals surface area (Å²) in [5.41, 5.74) is 6.78. The van der Waals surface area contributed by atoms with E-state index in [0.29, 0.717) is 0 Å². The number of allylic oxidation sites excluding steroid dienone is 1. The van der Waals surface area contributed by atoms with Crippen molar-refractivity contribution in [3.05, 3.63) is 69.7 Å². The molecule has 2 N–H and O–H groups in total. The molecule has 5 heteroatoms. The third-order valence-corrected chi connectivity index (χ3v) is 3.94. The van der Waals surface area contributed by atoms with Crippen molar-refractivity contribution in [2.45, 2.75) is 13.8 Å². The first kappa shape index (κ1) is 17.9. The number of para-hydroxylation sites is 1. The number of halogens is 1. The van der Waals surface area contributed by atoms with Gasteiger partial charge in [0, 0.05) is 16.4 Å². The van der Waals surface area contributed by atoms with Crippen LogP contribution in [0, 0.1) is 13.8 Å². The summed E-state index contributed by atoms with van der Waals surface area (Å²) < 4.78 is 1.04. The smallest absolute Gasteiger partial charge is 0.259 e. The number of hydrazone groups is 1. The molecule has 0 saturated carbocycles. The molecule has 24 heavy (non-hydrogen) atoms. The highest BCUT2D eigenvalue weighted by atomic mass is 79.9. The lowest BCUT2D eigenvalue weighted by atomic mass is 10.1. The van der Waals surface area contributed by atoms with E-state index in [4.69, 9.17) is 0 Å². The fourth-order valence-electron chi connectivity index (χ4n) is 2.18. The van der Waals surface area contributed by atoms with Crippen LogP contribution in [-0.2, 0) is 4.79 Å². The molecule has 2 aromatic carbocycles. The number of anilines is 1. The molecule has 0 spiro atoms. The lowest BCUT2D eigenvalue weighted by Crippen LogP contribution is -2.26. The van der Waals surface area contributed by atoms with E-state index in [9.17, 15) is 4.79 Å². The van der Waals surface area contributed by atoms with Gasteiger partial charge in [-0.25, -0.2) is 5.43 Å². The first-order valence-electron chi connectivity index (χ1n) is 7.60. The summed E-state index contributed by atoms with van der Waals surface area (Å²) in [7, 11) is 0. The van der Waals surface area contributed by atoms with Gasteiger partial charge in [0.05, 0.1) is 6.54 Å². The minimum absolute atomic E-state index is 0.180. The molecular weight excluding hydrogens is 366 g/mol. The largest absolute Gasteiger partial charge is 0.376 e. The second kappa shape index (κ2) is 9.03. The van der Waals surface area contributed by atoms with Crippen molar-refractivity contribution in [3.63, 3.8) is 0 Å². The molecule has 0 heterocycles. The summed E-state index contributed by atoms with van der Waals surface area (Å²) >= 11 is 3.39. The van der Waals surface area contributed by atoms with E-state index >= 15 is 0 Å². The Bertz CT molecular complexity index is 731. The Morgan fingerprint density at radius 2 is 1.79 bits per heavy atom. The van der Waals surface area contributed by atoms with Crippen LogP contribution >= 0.6 is 15.9 Å². The number of aryl methyl sites for hydroxylation is 2. The maximum absolute atomic E-state index is 11.8. The number of carbonyl (C=O) groups is 1. The monoisotopic (exact) mass is 385 g/mol. The average molecular weight is 386 g/mol. The molecule has 4 nitrogen and oxygen atoms in total. The number of rotatable bonds is 6. The number of carbonyl (C=O) groups excluding carboxylic acids is 1. The zero-order valence-electron chi connectivity index (χ0n) is 13.7. The van der Waals surface area contributed by atoms with E-state index in [-0.39, 0.29) is 12.5 Å². The Labute approximate surface area is 150 Å². The van der Waals surface area contributed by atoms with Gasteiger partial charge in [-0.1, -0.05) is 52.3 Å². The highest BCUT2D eigenvalue weighted by Crippen LogP contribution is 2.18. The fourth-order valence-corrected chi connectivity index (χ4v) is 2.45. The standard InChI is InChI=1S/C19H20BrN3O/c1-14-5-3-6-15(2)19(14)21-13-18(24)23-22-12-4-7-16-8-10-17(20)11-9-16/h3-12,21H,13H2,1-2H3,(H,23,24)/b7-4+,22-12+. The number of nitrogens with zero attached hydrogens (tertiary/aromatic N) is 1. The van der Waals surface area contributed by atoms with Crippen molar-refractivity contribution in [1.82, 2.24) is 5.43 Å². The maximum Gasteiger partial charge on any atom is 0.259 e. The second-order valence-corrected chi connectivity index (χ2v) is 6.26. The molecule has 0 bridgehead atoms. The predicted octanol–water partition coefficient (Wildman–Crippen LogP) is 4.29. The van der Waals surface area contributed by atoms with E-state index in [0.717, 1.165) is 26.9 Å². The quantitative estimate of drug-likeness (QED) is 0.575. The molecule has 0 saturated heterocycles. The SMILES string of the molecule is Cc1cccc(C)c1NCC(=O)N/N=C/C=C/c1ccc(Br)cc1. The minimum atomic E-state index is -0.189. The van der Waals surface area contributed by atoms with Crippen molar-refractivity contribution >= 4 is 39.8 Å². The van der Waals surface area contributed by atoms with Crippen LogP contribution in [0.15, 0.2) is 58.1 Å². The fraction of sp³-hybridized carbons (Fsp3) is 0.158. The normalized spacial score (nSPS) is 11.1. The highest BCUT2D eigenvalue weighted by molar-refractivity contribution is 9.10. The van der Waals surface area contributed by atoms with Crippen LogP contribution < -0.4 is 10.7 Å².